The van der Waals surface area contributed by atoms with E-state index in [1.807, 2.05) is 12.1 Å². The van der Waals surface area contributed by atoms with Gasteiger partial charge in [0.05, 0.1) is 23.5 Å². The van der Waals surface area contributed by atoms with Gasteiger partial charge in [-0.2, -0.15) is 5.26 Å². The molecule has 100 valence electrons. The molecule has 2 aromatic rings. The Morgan fingerprint density at radius 3 is 2.55 bits per heavy atom. The molecule has 0 radical (unpaired) electrons. The summed E-state index contributed by atoms with van der Waals surface area (Å²) in [5, 5.41) is 14.4. The second-order valence-electron chi connectivity index (χ2n) is 4.17. The molecule has 2 N–H and O–H groups in total. The first-order valence-corrected chi connectivity index (χ1v) is 6.14. The van der Waals surface area contributed by atoms with Crippen molar-refractivity contribution in [2.75, 3.05) is 12.4 Å². The van der Waals surface area contributed by atoms with E-state index in [1.165, 1.54) is 0 Å². The quantitative estimate of drug-likeness (QED) is 0.886. The minimum absolute atomic E-state index is 0.225. The molecular weight excluding hydrogens is 252 g/mol. The SMILES string of the molecule is CNc1ccc(C(=O)NCc2ccc(C#N)cc2)nc1. The Hall–Kier alpha value is -2.87. The number of hydrogen-bond donors (Lipinski definition) is 2. The normalized spacial score (nSPS) is 9.60. The van der Waals surface area contributed by atoms with Gasteiger partial charge in [0, 0.05) is 13.6 Å². The predicted octanol–water partition coefficient (Wildman–Crippen LogP) is 1.92. The molecule has 0 aliphatic carbocycles. The molecule has 0 bridgehead atoms. The Morgan fingerprint density at radius 2 is 2.00 bits per heavy atom. The van der Waals surface area contributed by atoms with Crippen molar-refractivity contribution >= 4 is 11.6 Å². The molecule has 0 saturated carbocycles. The Morgan fingerprint density at radius 1 is 1.25 bits per heavy atom. The third kappa shape index (κ3) is 3.33. The van der Waals surface area contributed by atoms with Gasteiger partial charge in [-0.15, -0.1) is 0 Å². The molecule has 1 aromatic heterocycles. The highest BCUT2D eigenvalue weighted by Gasteiger charge is 2.06. The van der Waals surface area contributed by atoms with Crippen LogP contribution >= 0.6 is 0 Å². The van der Waals surface area contributed by atoms with Gasteiger partial charge in [-0.3, -0.25) is 4.79 Å². The van der Waals surface area contributed by atoms with Gasteiger partial charge < -0.3 is 10.6 Å². The fourth-order valence-electron chi connectivity index (χ4n) is 1.65. The largest absolute Gasteiger partial charge is 0.387 e. The standard InChI is InChI=1S/C15H14N4O/c1-17-13-6-7-14(18-10-13)15(20)19-9-12-4-2-11(8-16)3-5-12/h2-7,10,17H,9H2,1H3,(H,19,20). The van der Waals surface area contributed by atoms with Gasteiger partial charge in [0.1, 0.15) is 5.69 Å². The van der Waals surface area contributed by atoms with Gasteiger partial charge in [0.15, 0.2) is 0 Å². The number of benzene rings is 1. The maximum atomic E-state index is 11.9. The lowest BCUT2D eigenvalue weighted by molar-refractivity contribution is 0.0946. The van der Waals surface area contributed by atoms with Crippen LogP contribution in [-0.4, -0.2) is 17.9 Å². The molecule has 0 spiro atoms. The highest BCUT2D eigenvalue weighted by Crippen LogP contribution is 2.06. The fourth-order valence-corrected chi connectivity index (χ4v) is 1.65. The van der Waals surface area contributed by atoms with Crippen LogP contribution in [-0.2, 0) is 6.54 Å². The summed E-state index contributed by atoms with van der Waals surface area (Å²) in [6.45, 7) is 0.403. The lowest BCUT2D eigenvalue weighted by Gasteiger charge is -2.05. The van der Waals surface area contributed by atoms with Crippen molar-refractivity contribution in [1.29, 1.82) is 5.26 Å². The number of carbonyl (C=O) groups is 1. The number of carbonyl (C=O) groups excluding carboxylic acids is 1. The monoisotopic (exact) mass is 266 g/mol. The zero-order chi connectivity index (χ0) is 14.4. The molecule has 0 unspecified atom stereocenters. The topological polar surface area (TPSA) is 77.8 Å². The molecule has 0 aliphatic rings. The first-order valence-electron chi connectivity index (χ1n) is 6.14. The number of anilines is 1. The van der Waals surface area contributed by atoms with E-state index in [-0.39, 0.29) is 5.91 Å². The van der Waals surface area contributed by atoms with Crippen molar-refractivity contribution in [3.63, 3.8) is 0 Å². The zero-order valence-corrected chi connectivity index (χ0v) is 11.1. The summed E-state index contributed by atoms with van der Waals surface area (Å²) in [7, 11) is 1.79. The van der Waals surface area contributed by atoms with Gasteiger partial charge in [-0.25, -0.2) is 4.98 Å². The number of hydrogen-bond acceptors (Lipinski definition) is 4. The van der Waals surface area contributed by atoms with Crippen molar-refractivity contribution in [3.05, 3.63) is 59.4 Å². The van der Waals surface area contributed by atoms with Crippen molar-refractivity contribution in [2.45, 2.75) is 6.54 Å². The second-order valence-corrected chi connectivity index (χ2v) is 4.17. The summed E-state index contributed by atoms with van der Waals surface area (Å²) in [4.78, 5) is 16.0. The summed E-state index contributed by atoms with van der Waals surface area (Å²) in [5.74, 6) is -0.225. The third-order valence-electron chi connectivity index (χ3n) is 2.82. The Kier molecular flexibility index (Phi) is 4.30. The third-order valence-corrected chi connectivity index (χ3v) is 2.82. The van der Waals surface area contributed by atoms with E-state index >= 15 is 0 Å². The van der Waals surface area contributed by atoms with Crippen molar-refractivity contribution < 1.29 is 4.79 Å². The summed E-state index contributed by atoms with van der Waals surface area (Å²) >= 11 is 0. The maximum absolute atomic E-state index is 11.9. The van der Waals surface area contributed by atoms with E-state index in [4.69, 9.17) is 5.26 Å². The number of nitrogens with one attached hydrogen (secondary N) is 2. The van der Waals surface area contributed by atoms with Crippen LogP contribution in [0.4, 0.5) is 5.69 Å². The second kappa shape index (κ2) is 6.34. The van der Waals surface area contributed by atoms with Crippen LogP contribution in [0.15, 0.2) is 42.6 Å². The van der Waals surface area contributed by atoms with Crippen molar-refractivity contribution in [3.8, 4) is 6.07 Å². The van der Waals surface area contributed by atoms with E-state index in [0.717, 1.165) is 11.3 Å². The van der Waals surface area contributed by atoms with Gasteiger partial charge in [0.25, 0.3) is 5.91 Å². The first kappa shape index (κ1) is 13.6. The number of aromatic nitrogens is 1. The van der Waals surface area contributed by atoms with Crippen LogP contribution in [0.1, 0.15) is 21.6 Å². The summed E-state index contributed by atoms with van der Waals surface area (Å²) in [6, 6.07) is 12.6. The lowest BCUT2D eigenvalue weighted by atomic mass is 10.1. The number of pyridine rings is 1. The first-order chi connectivity index (χ1) is 9.72. The van der Waals surface area contributed by atoms with Crippen LogP contribution in [0.25, 0.3) is 0 Å². The van der Waals surface area contributed by atoms with E-state index in [0.29, 0.717) is 17.8 Å². The molecule has 0 saturated heterocycles. The highest BCUT2D eigenvalue weighted by atomic mass is 16.1. The minimum atomic E-state index is -0.225. The number of nitriles is 1. The summed E-state index contributed by atoms with van der Waals surface area (Å²) < 4.78 is 0. The van der Waals surface area contributed by atoms with Crippen LogP contribution in [0, 0.1) is 11.3 Å². The Bertz CT molecular complexity index is 626. The molecule has 1 heterocycles. The Labute approximate surface area is 117 Å². The summed E-state index contributed by atoms with van der Waals surface area (Å²) in [5.41, 5.74) is 2.76. The van der Waals surface area contributed by atoms with Crippen LogP contribution in [0.5, 0.6) is 0 Å². The predicted molar refractivity (Wildman–Crippen MR) is 76.1 cm³/mol. The molecule has 0 fully saturated rings. The Balaban J connectivity index is 1.95. The van der Waals surface area contributed by atoms with Crippen LogP contribution in [0.2, 0.25) is 0 Å². The van der Waals surface area contributed by atoms with E-state index in [2.05, 4.69) is 21.7 Å². The molecular formula is C15H14N4O. The molecule has 5 nitrogen and oxygen atoms in total. The van der Waals surface area contributed by atoms with Gasteiger partial charge in [-0.1, -0.05) is 12.1 Å². The molecule has 2 rings (SSSR count). The average Bonchev–Trinajstić information content (AvgIpc) is 2.53. The van der Waals surface area contributed by atoms with Gasteiger partial charge in [0.2, 0.25) is 0 Å². The van der Waals surface area contributed by atoms with Crippen molar-refractivity contribution in [1.82, 2.24) is 10.3 Å². The van der Waals surface area contributed by atoms with E-state index in [9.17, 15) is 4.79 Å². The number of rotatable bonds is 4. The molecule has 20 heavy (non-hydrogen) atoms. The average molecular weight is 266 g/mol. The summed E-state index contributed by atoms with van der Waals surface area (Å²) in [6.07, 6.45) is 1.61. The number of nitrogens with zero attached hydrogens (tertiary/aromatic N) is 2. The lowest BCUT2D eigenvalue weighted by Crippen LogP contribution is -2.23. The smallest absolute Gasteiger partial charge is 0.270 e. The van der Waals surface area contributed by atoms with Gasteiger partial charge >= 0.3 is 0 Å². The van der Waals surface area contributed by atoms with Crippen LogP contribution < -0.4 is 10.6 Å². The minimum Gasteiger partial charge on any atom is -0.387 e. The van der Waals surface area contributed by atoms with Crippen LogP contribution in [0.3, 0.4) is 0 Å². The molecule has 1 aromatic carbocycles. The molecule has 0 atom stereocenters. The van der Waals surface area contributed by atoms with Crippen molar-refractivity contribution in [2.24, 2.45) is 0 Å². The molecule has 1 amide bonds. The highest BCUT2D eigenvalue weighted by molar-refractivity contribution is 5.92. The zero-order valence-electron chi connectivity index (χ0n) is 11.1. The molecule has 5 heteroatoms. The van der Waals surface area contributed by atoms with E-state index in [1.54, 1.807) is 37.5 Å². The van der Waals surface area contributed by atoms with E-state index < -0.39 is 0 Å². The fraction of sp³-hybridized carbons (Fsp3) is 0.133. The molecule has 0 aliphatic heterocycles. The van der Waals surface area contributed by atoms with Gasteiger partial charge in [-0.05, 0) is 29.8 Å². The maximum Gasteiger partial charge on any atom is 0.270 e. The number of amides is 1.